The van der Waals surface area contributed by atoms with Crippen LogP contribution in [0.3, 0.4) is 0 Å². The predicted octanol–water partition coefficient (Wildman–Crippen LogP) is 0.896. The van der Waals surface area contributed by atoms with Crippen molar-refractivity contribution >= 4 is 17.3 Å². The maximum atomic E-state index is 10.5. The number of carboxylic acids is 1. The Morgan fingerprint density at radius 3 is 2.67 bits per heavy atom. The number of aromatic carboxylic acids is 1. The van der Waals surface area contributed by atoms with Crippen molar-refractivity contribution in [3.63, 3.8) is 0 Å². The second-order valence-corrected chi connectivity index (χ2v) is 3.29. The molecule has 12 heavy (non-hydrogen) atoms. The van der Waals surface area contributed by atoms with E-state index in [1.807, 2.05) is 6.92 Å². The highest BCUT2D eigenvalue weighted by molar-refractivity contribution is 7.13. The van der Waals surface area contributed by atoms with E-state index in [-0.39, 0.29) is 11.6 Å². The number of carboxylic acid groups (broad SMARTS) is 1. The SMILES string of the molecule is CCc1sc(C(=O)O)nc1CO. The minimum absolute atomic E-state index is 0.0518. The van der Waals surface area contributed by atoms with Gasteiger partial charge in [-0.2, -0.15) is 0 Å². The minimum atomic E-state index is -1.03. The molecule has 1 aromatic rings. The number of aliphatic hydroxyl groups excluding tert-OH is 1. The number of rotatable bonds is 3. The zero-order chi connectivity index (χ0) is 9.14. The number of thiazole rings is 1. The topological polar surface area (TPSA) is 70.4 Å². The van der Waals surface area contributed by atoms with Crippen LogP contribution in [-0.2, 0) is 13.0 Å². The van der Waals surface area contributed by atoms with E-state index in [1.165, 1.54) is 0 Å². The second-order valence-electron chi connectivity index (χ2n) is 2.21. The Bertz CT molecular complexity index is 273. The van der Waals surface area contributed by atoms with Crippen LogP contribution in [0.1, 0.15) is 27.3 Å². The second kappa shape index (κ2) is 3.64. The van der Waals surface area contributed by atoms with Gasteiger partial charge in [-0.25, -0.2) is 9.78 Å². The van der Waals surface area contributed by atoms with Gasteiger partial charge in [-0.3, -0.25) is 0 Å². The van der Waals surface area contributed by atoms with Crippen LogP contribution in [0.25, 0.3) is 0 Å². The van der Waals surface area contributed by atoms with Crippen LogP contribution in [0.15, 0.2) is 0 Å². The summed E-state index contributed by atoms with van der Waals surface area (Å²) in [5, 5.41) is 17.4. The summed E-state index contributed by atoms with van der Waals surface area (Å²) in [6.07, 6.45) is 0.709. The summed E-state index contributed by atoms with van der Waals surface area (Å²) in [6, 6.07) is 0. The molecule has 1 aromatic heterocycles. The molecule has 0 saturated carbocycles. The summed E-state index contributed by atoms with van der Waals surface area (Å²) in [4.78, 5) is 15.1. The van der Waals surface area contributed by atoms with Crippen molar-refractivity contribution in [3.8, 4) is 0 Å². The summed E-state index contributed by atoms with van der Waals surface area (Å²) in [7, 11) is 0. The zero-order valence-electron chi connectivity index (χ0n) is 6.57. The van der Waals surface area contributed by atoms with Crippen molar-refractivity contribution in [2.24, 2.45) is 0 Å². The maximum Gasteiger partial charge on any atom is 0.365 e. The highest BCUT2D eigenvalue weighted by atomic mass is 32.1. The molecular formula is C7H9NO3S. The van der Waals surface area contributed by atoms with Gasteiger partial charge in [0.05, 0.1) is 12.3 Å². The normalized spacial score (nSPS) is 10.2. The first-order chi connectivity index (χ1) is 5.69. The average Bonchev–Trinajstić information content (AvgIpc) is 2.46. The molecule has 0 unspecified atom stereocenters. The van der Waals surface area contributed by atoms with Crippen molar-refractivity contribution in [2.45, 2.75) is 20.0 Å². The van der Waals surface area contributed by atoms with Gasteiger partial charge in [0.2, 0.25) is 5.01 Å². The highest BCUT2D eigenvalue weighted by Gasteiger charge is 2.13. The van der Waals surface area contributed by atoms with Gasteiger partial charge in [-0.05, 0) is 6.42 Å². The van der Waals surface area contributed by atoms with Gasteiger partial charge in [0, 0.05) is 4.88 Å². The van der Waals surface area contributed by atoms with E-state index < -0.39 is 5.97 Å². The Morgan fingerprint density at radius 1 is 1.67 bits per heavy atom. The van der Waals surface area contributed by atoms with Crippen LogP contribution in [0, 0.1) is 0 Å². The summed E-state index contributed by atoms with van der Waals surface area (Å²) in [5.74, 6) is -1.03. The van der Waals surface area contributed by atoms with Gasteiger partial charge < -0.3 is 10.2 Å². The molecule has 0 saturated heterocycles. The van der Waals surface area contributed by atoms with Crippen molar-refractivity contribution in [2.75, 3.05) is 0 Å². The fourth-order valence-corrected chi connectivity index (χ4v) is 1.72. The quantitative estimate of drug-likeness (QED) is 0.737. The molecule has 66 valence electrons. The van der Waals surface area contributed by atoms with Crippen molar-refractivity contribution in [1.82, 2.24) is 4.98 Å². The monoisotopic (exact) mass is 187 g/mol. The third-order valence-corrected chi connectivity index (χ3v) is 2.66. The number of carbonyl (C=O) groups is 1. The molecule has 1 heterocycles. The summed E-state index contributed by atoms with van der Waals surface area (Å²) < 4.78 is 0. The lowest BCUT2D eigenvalue weighted by Crippen LogP contribution is -1.95. The predicted molar refractivity (Wildman–Crippen MR) is 44.4 cm³/mol. The Morgan fingerprint density at radius 2 is 2.33 bits per heavy atom. The molecule has 0 radical (unpaired) electrons. The number of aromatic nitrogens is 1. The first kappa shape index (κ1) is 9.15. The van der Waals surface area contributed by atoms with Gasteiger partial charge >= 0.3 is 5.97 Å². The highest BCUT2D eigenvalue weighted by Crippen LogP contribution is 2.19. The Balaban J connectivity index is 3.05. The Kier molecular flexibility index (Phi) is 2.78. The van der Waals surface area contributed by atoms with Crippen molar-refractivity contribution in [1.29, 1.82) is 0 Å². The fraction of sp³-hybridized carbons (Fsp3) is 0.429. The van der Waals surface area contributed by atoms with Crippen LogP contribution >= 0.6 is 11.3 Å². The van der Waals surface area contributed by atoms with Crippen molar-refractivity contribution in [3.05, 3.63) is 15.6 Å². The van der Waals surface area contributed by atoms with Gasteiger partial charge in [0.15, 0.2) is 0 Å². The van der Waals surface area contributed by atoms with Crippen molar-refractivity contribution < 1.29 is 15.0 Å². The standard InChI is InChI=1S/C7H9NO3S/c1-2-5-4(3-9)8-6(12-5)7(10)11/h9H,2-3H2,1H3,(H,10,11). The smallest absolute Gasteiger partial charge is 0.365 e. The lowest BCUT2D eigenvalue weighted by atomic mass is 10.3. The lowest BCUT2D eigenvalue weighted by Gasteiger charge is -1.90. The Hall–Kier alpha value is -0.940. The number of aliphatic hydroxyl groups is 1. The number of hydrogen-bond acceptors (Lipinski definition) is 4. The first-order valence-electron chi connectivity index (χ1n) is 3.51. The molecule has 0 aliphatic rings. The fourth-order valence-electron chi connectivity index (χ4n) is 0.875. The van der Waals surface area contributed by atoms with E-state index in [0.717, 1.165) is 16.2 Å². The molecular weight excluding hydrogens is 178 g/mol. The van der Waals surface area contributed by atoms with E-state index in [1.54, 1.807) is 0 Å². The van der Waals surface area contributed by atoms with Gasteiger partial charge in [-0.1, -0.05) is 6.92 Å². The van der Waals surface area contributed by atoms with E-state index in [2.05, 4.69) is 4.98 Å². The molecule has 4 nitrogen and oxygen atoms in total. The molecule has 0 bridgehead atoms. The molecule has 0 fully saturated rings. The molecule has 5 heteroatoms. The number of hydrogen-bond donors (Lipinski definition) is 2. The van der Waals surface area contributed by atoms with Crippen LogP contribution in [0.5, 0.6) is 0 Å². The average molecular weight is 187 g/mol. The Labute approximate surface area is 73.5 Å². The summed E-state index contributed by atoms with van der Waals surface area (Å²) >= 11 is 1.12. The minimum Gasteiger partial charge on any atom is -0.476 e. The van der Waals surface area contributed by atoms with Gasteiger partial charge in [0.1, 0.15) is 0 Å². The number of nitrogens with zero attached hydrogens (tertiary/aromatic N) is 1. The summed E-state index contributed by atoms with van der Waals surface area (Å²) in [6.45, 7) is 1.71. The van der Waals surface area contributed by atoms with E-state index in [9.17, 15) is 4.79 Å². The molecule has 1 rings (SSSR count). The van der Waals surface area contributed by atoms with Crippen LogP contribution in [0.4, 0.5) is 0 Å². The molecule has 0 spiro atoms. The maximum absolute atomic E-state index is 10.5. The lowest BCUT2D eigenvalue weighted by molar-refractivity contribution is 0.0696. The molecule has 0 atom stereocenters. The van der Waals surface area contributed by atoms with Gasteiger partial charge in [-0.15, -0.1) is 11.3 Å². The largest absolute Gasteiger partial charge is 0.476 e. The van der Waals surface area contributed by atoms with Crippen LogP contribution in [-0.4, -0.2) is 21.2 Å². The van der Waals surface area contributed by atoms with Crippen LogP contribution in [0.2, 0.25) is 0 Å². The van der Waals surface area contributed by atoms with E-state index in [4.69, 9.17) is 10.2 Å². The van der Waals surface area contributed by atoms with E-state index in [0.29, 0.717) is 12.1 Å². The molecule has 0 aromatic carbocycles. The van der Waals surface area contributed by atoms with Gasteiger partial charge in [0.25, 0.3) is 0 Å². The van der Waals surface area contributed by atoms with E-state index >= 15 is 0 Å². The zero-order valence-corrected chi connectivity index (χ0v) is 7.39. The summed E-state index contributed by atoms with van der Waals surface area (Å²) in [5.41, 5.74) is 0.486. The van der Waals surface area contributed by atoms with Crippen LogP contribution < -0.4 is 0 Å². The molecule has 0 amide bonds. The molecule has 0 aliphatic carbocycles. The third-order valence-electron chi connectivity index (χ3n) is 1.43. The first-order valence-corrected chi connectivity index (χ1v) is 4.33. The molecule has 2 N–H and O–H groups in total. The number of aryl methyl sites for hydroxylation is 1. The third kappa shape index (κ3) is 1.62. The molecule has 0 aliphatic heterocycles.